The van der Waals surface area contributed by atoms with Crippen LogP contribution < -0.4 is 15.2 Å². The van der Waals surface area contributed by atoms with Crippen LogP contribution in [-0.4, -0.2) is 28.7 Å². The highest BCUT2D eigenvalue weighted by molar-refractivity contribution is 5.78. The molecule has 2 aliphatic heterocycles. The van der Waals surface area contributed by atoms with Gasteiger partial charge in [-0.25, -0.2) is 4.99 Å². The second-order valence-corrected chi connectivity index (χ2v) is 8.91. The number of hydrogen-bond donors (Lipinski definition) is 1. The van der Waals surface area contributed by atoms with E-state index in [1.54, 1.807) is 12.4 Å². The van der Waals surface area contributed by atoms with Crippen LogP contribution in [0.15, 0.2) is 84.2 Å². The Bertz CT molecular complexity index is 1430. The second-order valence-electron chi connectivity index (χ2n) is 8.91. The van der Waals surface area contributed by atoms with Gasteiger partial charge in [0.25, 0.3) is 6.02 Å². The quantitative estimate of drug-likeness (QED) is 0.441. The Hall–Kier alpha value is -4.39. The molecule has 2 aliphatic rings. The Kier molecular flexibility index (Phi) is 4.91. The van der Waals surface area contributed by atoms with Crippen LogP contribution in [0.1, 0.15) is 25.0 Å². The van der Waals surface area contributed by atoms with Gasteiger partial charge in [-0.05, 0) is 67.9 Å². The summed E-state index contributed by atoms with van der Waals surface area (Å²) in [7, 11) is 0. The molecular weight excluding hydrogens is 440 g/mol. The summed E-state index contributed by atoms with van der Waals surface area (Å²) in [6.45, 7) is 4.29. The third-order valence-electron chi connectivity index (χ3n) is 6.20. The van der Waals surface area contributed by atoms with Crippen molar-refractivity contribution in [1.82, 2.24) is 9.97 Å². The van der Waals surface area contributed by atoms with Gasteiger partial charge < -0.3 is 19.9 Å². The minimum Gasteiger partial charge on any atom is -0.491 e. The van der Waals surface area contributed by atoms with E-state index in [0.717, 1.165) is 39.3 Å². The lowest BCUT2D eigenvalue weighted by Gasteiger charge is -2.33. The third kappa shape index (κ3) is 3.65. The van der Waals surface area contributed by atoms with Crippen LogP contribution in [0.5, 0.6) is 17.2 Å². The molecule has 0 saturated carbocycles. The molecule has 2 aromatic heterocycles. The van der Waals surface area contributed by atoms with Crippen LogP contribution in [0, 0.1) is 0 Å². The zero-order chi connectivity index (χ0) is 24.0. The number of benzene rings is 2. The van der Waals surface area contributed by atoms with Crippen molar-refractivity contribution in [3.8, 4) is 39.6 Å². The molecule has 0 bridgehead atoms. The summed E-state index contributed by atoms with van der Waals surface area (Å²) in [5.74, 6) is 2.16. The van der Waals surface area contributed by atoms with Crippen LogP contribution in [0.2, 0.25) is 0 Å². The van der Waals surface area contributed by atoms with Crippen LogP contribution in [0.3, 0.4) is 0 Å². The van der Waals surface area contributed by atoms with Gasteiger partial charge in [0.1, 0.15) is 18.1 Å². The Morgan fingerprint density at radius 2 is 1.71 bits per heavy atom. The molecule has 7 heteroatoms. The van der Waals surface area contributed by atoms with Crippen molar-refractivity contribution in [2.24, 2.45) is 10.7 Å². The monoisotopic (exact) mass is 464 g/mol. The van der Waals surface area contributed by atoms with Gasteiger partial charge in [0.05, 0.1) is 18.0 Å². The highest BCUT2D eigenvalue weighted by Gasteiger charge is 2.47. The van der Waals surface area contributed by atoms with Crippen molar-refractivity contribution < 1.29 is 14.2 Å². The molecule has 4 aromatic rings. The number of hydrogen-bond acceptors (Lipinski definition) is 7. The highest BCUT2D eigenvalue weighted by atomic mass is 16.5. The van der Waals surface area contributed by atoms with Crippen LogP contribution >= 0.6 is 0 Å². The molecule has 0 unspecified atom stereocenters. The number of aromatic nitrogens is 2. The molecule has 2 N–H and O–H groups in total. The van der Waals surface area contributed by atoms with Gasteiger partial charge in [0.15, 0.2) is 11.3 Å². The predicted molar refractivity (Wildman–Crippen MR) is 134 cm³/mol. The molecule has 35 heavy (non-hydrogen) atoms. The van der Waals surface area contributed by atoms with Crippen LogP contribution in [0.25, 0.3) is 22.4 Å². The molecule has 0 fully saturated rings. The Morgan fingerprint density at radius 1 is 0.914 bits per heavy atom. The summed E-state index contributed by atoms with van der Waals surface area (Å²) < 4.78 is 17.8. The molecule has 174 valence electrons. The maximum absolute atomic E-state index is 6.28. The van der Waals surface area contributed by atoms with E-state index in [9.17, 15) is 0 Å². The Labute approximate surface area is 203 Å². The maximum atomic E-state index is 6.28. The van der Waals surface area contributed by atoms with Crippen LogP contribution in [-0.2, 0) is 10.3 Å². The molecule has 2 aromatic carbocycles. The van der Waals surface area contributed by atoms with Gasteiger partial charge in [-0.3, -0.25) is 9.97 Å². The molecule has 6 rings (SSSR count). The minimum atomic E-state index is -0.830. The highest BCUT2D eigenvalue weighted by Crippen LogP contribution is 2.52. The molecule has 1 atom stereocenters. The van der Waals surface area contributed by atoms with E-state index < -0.39 is 5.54 Å². The van der Waals surface area contributed by atoms with E-state index in [2.05, 4.69) is 16.0 Å². The van der Waals surface area contributed by atoms with Crippen molar-refractivity contribution in [2.75, 3.05) is 6.61 Å². The second kappa shape index (κ2) is 8.13. The van der Waals surface area contributed by atoms with E-state index >= 15 is 0 Å². The normalized spacial score (nSPS) is 17.9. The van der Waals surface area contributed by atoms with Crippen molar-refractivity contribution in [1.29, 1.82) is 0 Å². The summed E-state index contributed by atoms with van der Waals surface area (Å²) >= 11 is 0. The third-order valence-corrected chi connectivity index (χ3v) is 6.20. The van der Waals surface area contributed by atoms with Gasteiger partial charge in [-0.2, -0.15) is 0 Å². The largest absolute Gasteiger partial charge is 0.491 e. The summed E-state index contributed by atoms with van der Waals surface area (Å²) in [5.41, 5.74) is 10.8. The lowest BCUT2D eigenvalue weighted by Crippen LogP contribution is -2.31. The molecule has 0 radical (unpaired) electrons. The van der Waals surface area contributed by atoms with Gasteiger partial charge >= 0.3 is 0 Å². The van der Waals surface area contributed by atoms with E-state index in [-0.39, 0.29) is 18.7 Å². The molecule has 0 aliphatic carbocycles. The number of rotatable bonds is 4. The van der Waals surface area contributed by atoms with Gasteiger partial charge in [-0.1, -0.05) is 12.1 Å². The number of nitrogens with two attached hydrogens (primary N) is 1. The van der Waals surface area contributed by atoms with E-state index in [4.69, 9.17) is 24.9 Å². The average Bonchev–Trinajstić information content (AvgIpc) is 3.27. The number of pyridine rings is 2. The first-order chi connectivity index (χ1) is 17.0. The lowest BCUT2D eigenvalue weighted by atomic mass is 9.80. The lowest BCUT2D eigenvalue weighted by molar-refractivity contribution is 0.242. The molecular formula is C28H24N4O3. The first-order valence-electron chi connectivity index (χ1n) is 11.5. The molecule has 7 nitrogen and oxygen atoms in total. The zero-order valence-electron chi connectivity index (χ0n) is 19.4. The van der Waals surface area contributed by atoms with Gasteiger partial charge in [0.2, 0.25) is 0 Å². The summed E-state index contributed by atoms with van der Waals surface area (Å²) in [6, 6.07) is 20.1. The summed E-state index contributed by atoms with van der Waals surface area (Å²) in [4.78, 5) is 13.7. The number of amidine groups is 1. The van der Waals surface area contributed by atoms with E-state index in [0.29, 0.717) is 11.5 Å². The summed E-state index contributed by atoms with van der Waals surface area (Å²) in [6.07, 6.45) is 5.45. The van der Waals surface area contributed by atoms with Crippen molar-refractivity contribution in [2.45, 2.75) is 25.5 Å². The molecule has 0 amide bonds. The van der Waals surface area contributed by atoms with E-state index in [1.807, 2.05) is 74.6 Å². The molecule has 1 spiro atoms. The van der Waals surface area contributed by atoms with Gasteiger partial charge in [0, 0.05) is 34.6 Å². The van der Waals surface area contributed by atoms with Crippen LogP contribution in [0.4, 0.5) is 0 Å². The fourth-order valence-electron chi connectivity index (χ4n) is 4.61. The average molecular weight is 465 g/mol. The van der Waals surface area contributed by atoms with Crippen molar-refractivity contribution in [3.05, 3.63) is 90.4 Å². The number of ether oxygens (including phenoxy) is 3. The first kappa shape index (κ1) is 21.2. The molecule has 4 heterocycles. The first-order valence-corrected chi connectivity index (χ1v) is 11.5. The smallest absolute Gasteiger partial charge is 0.283 e. The van der Waals surface area contributed by atoms with Gasteiger partial charge in [-0.15, -0.1) is 0 Å². The maximum Gasteiger partial charge on any atom is 0.283 e. The number of fused-ring (bicyclic) bond motifs is 4. The predicted octanol–water partition coefficient (Wildman–Crippen LogP) is 5.29. The fourth-order valence-corrected chi connectivity index (χ4v) is 4.61. The molecule has 0 saturated heterocycles. The number of nitrogens with zero attached hydrogens (tertiary/aromatic N) is 3. The topological polar surface area (TPSA) is 91.8 Å². The summed E-state index contributed by atoms with van der Waals surface area (Å²) in [5, 5.41) is 0. The Balaban J connectivity index is 1.46. The zero-order valence-corrected chi connectivity index (χ0v) is 19.4. The standard InChI is InChI=1S/C28H24N4O3/c1-17(2)34-21-8-5-18(6-9-21)24-13-23-26(15-31-24)35-25-10-7-19(20-4-3-11-30-14-20)12-22(25)28(23)16-33-27(29)32-28/h3-15,17H,16H2,1-2H3,(H2,29,32)/t28-/m0/s1. The minimum absolute atomic E-state index is 0.113. The van der Waals surface area contributed by atoms with E-state index in [1.165, 1.54) is 0 Å². The Morgan fingerprint density at radius 3 is 2.43 bits per heavy atom. The fraction of sp³-hybridized carbons (Fsp3) is 0.179. The SMILES string of the molecule is CC(C)Oc1ccc(-c2cc3c(cn2)Oc2ccc(-c4cccnc4)cc2[C@@]32COC(N)=N2)cc1. The van der Waals surface area contributed by atoms with Crippen molar-refractivity contribution in [3.63, 3.8) is 0 Å². The van der Waals surface area contributed by atoms with Crippen molar-refractivity contribution >= 4 is 6.02 Å². The number of aliphatic imine (C=N–C) groups is 1.